The third kappa shape index (κ3) is 5.12. The smallest absolute Gasteiger partial charge is 0.301 e. The van der Waals surface area contributed by atoms with Crippen molar-refractivity contribution in [2.24, 2.45) is 0 Å². The first kappa shape index (κ1) is 26.4. The van der Waals surface area contributed by atoms with Gasteiger partial charge >= 0.3 is 5.91 Å². The SMILES string of the molecule is CCCOc1ccc(C(O)=C2C(=O)C(=O)N(c3nc4ccc(OCC)cc4s3)C2c2ccc(CC)cc2)cc1. The number of aromatic nitrogens is 1. The number of amides is 1. The fourth-order valence-electron chi connectivity index (χ4n) is 4.62. The van der Waals surface area contributed by atoms with Gasteiger partial charge in [0.1, 0.15) is 17.3 Å². The van der Waals surface area contributed by atoms with Crippen molar-refractivity contribution in [3.8, 4) is 11.5 Å². The zero-order valence-electron chi connectivity index (χ0n) is 22.1. The molecule has 0 radical (unpaired) electrons. The maximum Gasteiger partial charge on any atom is 0.301 e. The summed E-state index contributed by atoms with van der Waals surface area (Å²) in [5.74, 6) is -0.338. The Bertz CT molecular complexity index is 1540. The highest BCUT2D eigenvalue weighted by molar-refractivity contribution is 7.22. The average Bonchev–Trinajstić information content (AvgIpc) is 3.49. The van der Waals surface area contributed by atoms with Gasteiger partial charge in [-0.05, 0) is 73.4 Å². The molecule has 1 atom stereocenters. The number of hydrogen-bond donors (Lipinski definition) is 1. The lowest BCUT2D eigenvalue weighted by molar-refractivity contribution is -0.132. The van der Waals surface area contributed by atoms with Gasteiger partial charge in [-0.1, -0.05) is 49.4 Å². The van der Waals surface area contributed by atoms with Crippen LogP contribution in [0.15, 0.2) is 72.3 Å². The van der Waals surface area contributed by atoms with Crippen LogP contribution in [-0.2, 0) is 16.0 Å². The Kier molecular flexibility index (Phi) is 7.65. The lowest BCUT2D eigenvalue weighted by Crippen LogP contribution is -2.29. The molecule has 39 heavy (non-hydrogen) atoms. The van der Waals surface area contributed by atoms with E-state index in [1.807, 2.05) is 56.3 Å². The summed E-state index contributed by atoms with van der Waals surface area (Å²) in [4.78, 5) is 33.1. The van der Waals surface area contributed by atoms with E-state index in [0.717, 1.165) is 23.1 Å². The molecule has 0 aliphatic carbocycles. The summed E-state index contributed by atoms with van der Waals surface area (Å²) in [7, 11) is 0. The van der Waals surface area contributed by atoms with E-state index in [1.54, 1.807) is 24.3 Å². The Morgan fingerprint density at radius 3 is 2.33 bits per heavy atom. The fraction of sp³-hybridized carbons (Fsp3) is 0.258. The summed E-state index contributed by atoms with van der Waals surface area (Å²) in [5, 5.41) is 11.8. The number of aryl methyl sites for hydroxylation is 1. The Labute approximate surface area is 231 Å². The summed E-state index contributed by atoms with van der Waals surface area (Å²) in [6, 6.07) is 19.3. The Balaban J connectivity index is 1.63. The van der Waals surface area contributed by atoms with E-state index in [2.05, 4.69) is 6.92 Å². The largest absolute Gasteiger partial charge is 0.507 e. The van der Waals surface area contributed by atoms with Crippen LogP contribution in [0.1, 0.15) is 49.9 Å². The van der Waals surface area contributed by atoms with Crippen LogP contribution in [0.25, 0.3) is 16.0 Å². The summed E-state index contributed by atoms with van der Waals surface area (Å²) in [6.45, 7) is 7.11. The topological polar surface area (TPSA) is 89.0 Å². The van der Waals surface area contributed by atoms with Gasteiger partial charge in [0.15, 0.2) is 5.13 Å². The van der Waals surface area contributed by atoms with Gasteiger partial charge in [0, 0.05) is 5.56 Å². The minimum atomic E-state index is -0.834. The molecule has 0 spiro atoms. The molecule has 1 aliphatic heterocycles. The number of hydrogen-bond acceptors (Lipinski definition) is 7. The molecule has 4 aromatic rings. The molecule has 1 N–H and O–H groups in total. The Morgan fingerprint density at radius 2 is 1.67 bits per heavy atom. The van der Waals surface area contributed by atoms with E-state index in [-0.39, 0.29) is 11.3 Å². The number of anilines is 1. The second-order valence-corrected chi connectivity index (χ2v) is 10.2. The molecule has 7 nitrogen and oxygen atoms in total. The number of thiazole rings is 1. The van der Waals surface area contributed by atoms with Gasteiger partial charge in [-0.25, -0.2) is 4.98 Å². The minimum absolute atomic E-state index is 0.0285. The van der Waals surface area contributed by atoms with Crippen molar-refractivity contribution < 1.29 is 24.2 Å². The van der Waals surface area contributed by atoms with E-state index in [4.69, 9.17) is 14.5 Å². The van der Waals surface area contributed by atoms with Crippen molar-refractivity contribution in [2.75, 3.05) is 18.1 Å². The number of aliphatic hydroxyl groups is 1. The van der Waals surface area contributed by atoms with Gasteiger partial charge in [-0.15, -0.1) is 0 Å². The predicted octanol–water partition coefficient (Wildman–Crippen LogP) is 6.67. The Morgan fingerprint density at radius 1 is 0.949 bits per heavy atom. The molecule has 1 aliphatic rings. The first-order valence-corrected chi connectivity index (χ1v) is 13.9. The zero-order chi connectivity index (χ0) is 27.5. The van der Waals surface area contributed by atoms with Crippen LogP contribution < -0.4 is 14.4 Å². The number of ether oxygens (including phenoxy) is 2. The van der Waals surface area contributed by atoms with E-state index in [9.17, 15) is 14.7 Å². The van der Waals surface area contributed by atoms with Crippen LogP contribution in [0.2, 0.25) is 0 Å². The molecule has 1 amide bonds. The van der Waals surface area contributed by atoms with Crippen molar-refractivity contribution in [3.63, 3.8) is 0 Å². The van der Waals surface area contributed by atoms with Crippen molar-refractivity contribution in [1.29, 1.82) is 0 Å². The number of nitrogens with zero attached hydrogens (tertiary/aromatic N) is 2. The molecule has 1 aromatic heterocycles. The van der Waals surface area contributed by atoms with E-state index in [0.29, 0.717) is 46.5 Å². The van der Waals surface area contributed by atoms with Crippen molar-refractivity contribution in [3.05, 3.63) is 89.0 Å². The van der Waals surface area contributed by atoms with Crippen LogP contribution in [0.4, 0.5) is 5.13 Å². The van der Waals surface area contributed by atoms with Gasteiger partial charge in [-0.3, -0.25) is 14.5 Å². The highest BCUT2D eigenvalue weighted by atomic mass is 32.1. The molecular weight excluding hydrogens is 512 g/mol. The standard InChI is InChI=1S/C31H30N2O5S/c1-4-17-38-22-13-11-21(12-14-22)28(34)26-27(20-9-7-19(5-2)8-10-20)33(30(36)29(26)35)31-32-24-16-15-23(37-6-3)18-25(24)39-31/h7-16,18,27,34H,4-6,17H2,1-3H3. The summed E-state index contributed by atoms with van der Waals surface area (Å²) < 4.78 is 12.1. The Hall–Kier alpha value is -4.17. The molecule has 1 fully saturated rings. The number of benzene rings is 3. The van der Waals surface area contributed by atoms with Crippen LogP contribution in [-0.4, -0.2) is 35.0 Å². The van der Waals surface area contributed by atoms with Crippen LogP contribution >= 0.6 is 11.3 Å². The van der Waals surface area contributed by atoms with E-state index < -0.39 is 17.7 Å². The van der Waals surface area contributed by atoms with Gasteiger partial charge < -0.3 is 14.6 Å². The maximum absolute atomic E-state index is 13.5. The number of fused-ring (bicyclic) bond motifs is 1. The van der Waals surface area contributed by atoms with Gasteiger partial charge in [-0.2, -0.15) is 0 Å². The lowest BCUT2D eigenvalue weighted by atomic mass is 9.94. The van der Waals surface area contributed by atoms with Crippen molar-refractivity contribution in [2.45, 2.75) is 39.7 Å². The normalized spacial score (nSPS) is 16.7. The first-order valence-electron chi connectivity index (χ1n) is 13.1. The average molecular weight is 543 g/mol. The fourth-order valence-corrected chi connectivity index (χ4v) is 5.64. The predicted molar refractivity (Wildman–Crippen MR) is 154 cm³/mol. The molecule has 0 bridgehead atoms. The molecule has 2 heterocycles. The van der Waals surface area contributed by atoms with Crippen LogP contribution in [0, 0.1) is 0 Å². The quantitative estimate of drug-likeness (QED) is 0.144. The van der Waals surface area contributed by atoms with Gasteiger partial charge in [0.25, 0.3) is 5.78 Å². The molecule has 3 aromatic carbocycles. The number of Topliss-reactive ketones (excluding diaryl/α,β-unsaturated/α-hetero) is 1. The van der Waals surface area contributed by atoms with Gasteiger partial charge in [0.2, 0.25) is 0 Å². The number of aliphatic hydroxyl groups excluding tert-OH is 1. The highest BCUT2D eigenvalue weighted by Crippen LogP contribution is 2.44. The van der Waals surface area contributed by atoms with Crippen molar-refractivity contribution >= 4 is 44.1 Å². The number of rotatable bonds is 9. The molecule has 0 saturated carbocycles. The van der Waals surface area contributed by atoms with Crippen LogP contribution in [0.5, 0.6) is 11.5 Å². The van der Waals surface area contributed by atoms with E-state index in [1.165, 1.54) is 16.2 Å². The second kappa shape index (κ2) is 11.3. The monoisotopic (exact) mass is 542 g/mol. The summed E-state index contributed by atoms with van der Waals surface area (Å²) in [5.41, 5.74) is 2.99. The maximum atomic E-state index is 13.5. The molecule has 5 rings (SSSR count). The molecule has 1 saturated heterocycles. The number of carbonyl (C=O) groups is 2. The third-order valence-corrected chi connectivity index (χ3v) is 7.63. The number of carbonyl (C=O) groups excluding carboxylic acids is 2. The van der Waals surface area contributed by atoms with Crippen LogP contribution in [0.3, 0.4) is 0 Å². The second-order valence-electron chi connectivity index (χ2n) is 9.20. The molecule has 8 heteroatoms. The van der Waals surface area contributed by atoms with Crippen molar-refractivity contribution in [1.82, 2.24) is 4.98 Å². The molecule has 200 valence electrons. The number of ketones is 1. The highest BCUT2D eigenvalue weighted by Gasteiger charge is 2.48. The molecule has 1 unspecified atom stereocenters. The summed E-state index contributed by atoms with van der Waals surface area (Å²) >= 11 is 1.31. The zero-order valence-corrected chi connectivity index (χ0v) is 23.0. The van der Waals surface area contributed by atoms with Gasteiger partial charge in [0.05, 0.1) is 35.0 Å². The first-order chi connectivity index (χ1) is 18.9. The van der Waals surface area contributed by atoms with E-state index >= 15 is 0 Å². The minimum Gasteiger partial charge on any atom is -0.507 e. The lowest BCUT2D eigenvalue weighted by Gasteiger charge is -2.23. The molecular formula is C31H30N2O5S. The summed E-state index contributed by atoms with van der Waals surface area (Å²) in [6.07, 6.45) is 1.73. The third-order valence-electron chi connectivity index (χ3n) is 6.61.